The molecular formula is C16H14Cl2N2O4. The first kappa shape index (κ1) is 18.2. The molecule has 8 heteroatoms. The predicted molar refractivity (Wildman–Crippen MR) is 89.1 cm³/mol. The number of nitrogens with one attached hydrogen (secondary N) is 1. The molecule has 2 rings (SSSR count). The summed E-state index contributed by atoms with van der Waals surface area (Å²) in [6, 6.07) is 1.31. The van der Waals surface area contributed by atoms with Gasteiger partial charge in [0.2, 0.25) is 5.78 Å². The van der Waals surface area contributed by atoms with Crippen LogP contribution in [0.4, 0.5) is 0 Å². The SMILES string of the molecule is CC(=O)c1c(C)[nH]c(C(=O)COC(=O)c2cnc(Cl)c(Cl)c2)c1C. The molecule has 24 heavy (non-hydrogen) atoms. The molecule has 0 radical (unpaired) electrons. The van der Waals surface area contributed by atoms with Crippen molar-refractivity contribution < 1.29 is 19.1 Å². The molecule has 0 aliphatic carbocycles. The van der Waals surface area contributed by atoms with Crippen molar-refractivity contribution >= 4 is 40.7 Å². The Morgan fingerprint density at radius 1 is 1.25 bits per heavy atom. The molecule has 2 aromatic heterocycles. The highest BCUT2D eigenvalue weighted by Gasteiger charge is 2.21. The molecule has 6 nitrogen and oxygen atoms in total. The number of aromatic amines is 1. The Morgan fingerprint density at radius 3 is 2.46 bits per heavy atom. The summed E-state index contributed by atoms with van der Waals surface area (Å²) >= 11 is 11.5. The molecule has 126 valence electrons. The van der Waals surface area contributed by atoms with Crippen molar-refractivity contribution in [1.82, 2.24) is 9.97 Å². The van der Waals surface area contributed by atoms with E-state index >= 15 is 0 Å². The minimum absolute atomic E-state index is 0.0681. The Labute approximate surface area is 148 Å². The first-order chi connectivity index (χ1) is 11.2. The highest BCUT2D eigenvalue weighted by Crippen LogP contribution is 2.21. The van der Waals surface area contributed by atoms with E-state index in [1.807, 2.05) is 0 Å². The van der Waals surface area contributed by atoms with Crippen LogP contribution in [0.1, 0.15) is 49.4 Å². The number of aryl methyl sites for hydroxylation is 1. The van der Waals surface area contributed by atoms with Crippen molar-refractivity contribution in [2.45, 2.75) is 20.8 Å². The third-order valence-electron chi connectivity index (χ3n) is 3.43. The predicted octanol–water partition coefficient (Wildman–Crippen LogP) is 3.58. The number of hydrogen-bond acceptors (Lipinski definition) is 5. The van der Waals surface area contributed by atoms with E-state index in [0.717, 1.165) is 0 Å². The molecular weight excluding hydrogens is 355 g/mol. The average Bonchev–Trinajstić information content (AvgIpc) is 2.82. The quantitative estimate of drug-likeness (QED) is 0.494. The summed E-state index contributed by atoms with van der Waals surface area (Å²) in [4.78, 5) is 42.3. The number of pyridine rings is 1. The lowest BCUT2D eigenvalue weighted by atomic mass is 10.1. The van der Waals surface area contributed by atoms with Crippen LogP contribution in [0.5, 0.6) is 0 Å². The Bertz CT molecular complexity index is 843. The van der Waals surface area contributed by atoms with Gasteiger partial charge in [-0.05, 0) is 32.4 Å². The van der Waals surface area contributed by atoms with Crippen LogP contribution < -0.4 is 0 Å². The highest BCUT2D eigenvalue weighted by atomic mass is 35.5. The second-order valence-corrected chi connectivity index (χ2v) is 5.94. The number of H-pyrrole nitrogens is 1. The Kier molecular flexibility index (Phi) is 5.41. The van der Waals surface area contributed by atoms with Gasteiger partial charge in [0.15, 0.2) is 12.4 Å². The molecule has 0 saturated carbocycles. The molecule has 2 aromatic rings. The summed E-state index contributed by atoms with van der Waals surface area (Å²) in [7, 11) is 0. The fourth-order valence-corrected chi connectivity index (χ4v) is 2.65. The Hall–Kier alpha value is -2.18. The van der Waals surface area contributed by atoms with E-state index in [-0.39, 0.29) is 27.2 Å². The van der Waals surface area contributed by atoms with Gasteiger partial charge < -0.3 is 9.72 Å². The fraction of sp³-hybridized carbons (Fsp3) is 0.250. The number of carbonyl (C=O) groups excluding carboxylic acids is 3. The van der Waals surface area contributed by atoms with E-state index in [9.17, 15) is 14.4 Å². The van der Waals surface area contributed by atoms with Crippen LogP contribution in [0, 0.1) is 13.8 Å². The number of halogens is 2. The second-order valence-electron chi connectivity index (χ2n) is 5.18. The maximum Gasteiger partial charge on any atom is 0.340 e. The molecule has 2 heterocycles. The van der Waals surface area contributed by atoms with Crippen molar-refractivity contribution in [3.8, 4) is 0 Å². The third kappa shape index (κ3) is 3.66. The van der Waals surface area contributed by atoms with Gasteiger partial charge in [0, 0.05) is 17.5 Å². The van der Waals surface area contributed by atoms with Crippen LogP contribution in [-0.2, 0) is 4.74 Å². The van der Waals surface area contributed by atoms with Gasteiger partial charge in [0.25, 0.3) is 0 Å². The minimum atomic E-state index is -0.748. The molecule has 0 saturated heterocycles. The lowest BCUT2D eigenvalue weighted by molar-refractivity contribution is 0.0473. The summed E-state index contributed by atoms with van der Waals surface area (Å²) in [6.45, 7) is 4.32. The molecule has 0 atom stereocenters. The number of Topliss-reactive ketones (excluding diaryl/α,β-unsaturated/α-hetero) is 2. The number of ether oxygens (including phenoxy) is 1. The van der Waals surface area contributed by atoms with Crippen LogP contribution in [0.25, 0.3) is 0 Å². The Morgan fingerprint density at radius 2 is 1.92 bits per heavy atom. The van der Waals surface area contributed by atoms with Gasteiger partial charge >= 0.3 is 5.97 Å². The van der Waals surface area contributed by atoms with E-state index < -0.39 is 18.4 Å². The summed E-state index contributed by atoms with van der Waals surface area (Å²) in [5.41, 5.74) is 1.94. The zero-order valence-electron chi connectivity index (χ0n) is 13.2. The van der Waals surface area contributed by atoms with Crippen LogP contribution in [0.2, 0.25) is 10.2 Å². The number of aromatic nitrogens is 2. The lowest BCUT2D eigenvalue weighted by Crippen LogP contribution is -2.15. The zero-order valence-corrected chi connectivity index (χ0v) is 14.7. The molecule has 1 N–H and O–H groups in total. The van der Waals surface area contributed by atoms with Crippen LogP contribution >= 0.6 is 23.2 Å². The first-order valence-electron chi connectivity index (χ1n) is 6.93. The van der Waals surface area contributed by atoms with Crippen molar-refractivity contribution in [2.24, 2.45) is 0 Å². The number of carbonyl (C=O) groups is 3. The van der Waals surface area contributed by atoms with E-state index in [2.05, 4.69) is 9.97 Å². The number of nitrogens with zero attached hydrogens (tertiary/aromatic N) is 1. The van der Waals surface area contributed by atoms with E-state index in [1.54, 1.807) is 13.8 Å². The number of esters is 1. The minimum Gasteiger partial charge on any atom is -0.454 e. The van der Waals surface area contributed by atoms with E-state index in [4.69, 9.17) is 27.9 Å². The maximum absolute atomic E-state index is 12.2. The highest BCUT2D eigenvalue weighted by molar-refractivity contribution is 6.41. The summed E-state index contributed by atoms with van der Waals surface area (Å²) in [5.74, 6) is -1.33. The summed E-state index contributed by atoms with van der Waals surface area (Å²) < 4.78 is 4.97. The van der Waals surface area contributed by atoms with Gasteiger partial charge in [0.1, 0.15) is 5.15 Å². The van der Waals surface area contributed by atoms with Crippen LogP contribution in [-0.4, -0.2) is 34.1 Å². The van der Waals surface area contributed by atoms with Gasteiger partial charge in [-0.2, -0.15) is 0 Å². The largest absolute Gasteiger partial charge is 0.454 e. The molecule has 0 amide bonds. The molecule has 0 aromatic carbocycles. The Balaban J connectivity index is 2.11. The van der Waals surface area contributed by atoms with Gasteiger partial charge in [-0.3, -0.25) is 9.59 Å². The van der Waals surface area contributed by atoms with Crippen LogP contribution in [0.15, 0.2) is 12.3 Å². The van der Waals surface area contributed by atoms with Gasteiger partial charge in [-0.1, -0.05) is 23.2 Å². The van der Waals surface area contributed by atoms with Crippen molar-refractivity contribution in [1.29, 1.82) is 0 Å². The average molecular weight is 369 g/mol. The second kappa shape index (κ2) is 7.15. The molecule has 0 fully saturated rings. The molecule has 0 aliphatic rings. The monoisotopic (exact) mass is 368 g/mol. The van der Waals surface area contributed by atoms with Crippen molar-refractivity contribution in [3.05, 3.63) is 50.5 Å². The number of ketones is 2. The number of hydrogen-bond donors (Lipinski definition) is 1. The number of rotatable bonds is 5. The van der Waals surface area contributed by atoms with Gasteiger partial charge in [0.05, 0.1) is 16.3 Å². The van der Waals surface area contributed by atoms with Crippen molar-refractivity contribution in [2.75, 3.05) is 6.61 Å². The molecule has 0 unspecified atom stereocenters. The van der Waals surface area contributed by atoms with Crippen molar-refractivity contribution in [3.63, 3.8) is 0 Å². The van der Waals surface area contributed by atoms with E-state index in [1.165, 1.54) is 19.2 Å². The maximum atomic E-state index is 12.2. The zero-order chi connectivity index (χ0) is 18.0. The topological polar surface area (TPSA) is 89.1 Å². The summed E-state index contributed by atoms with van der Waals surface area (Å²) in [6.07, 6.45) is 1.21. The first-order valence-corrected chi connectivity index (χ1v) is 7.69. The standard InChI is InChI=1S/C16H14Cl2N2O4/c1-7-13(9(3)21)8(2)20-14(7)12(22)6-24-16(23)10-4-11(17)15(18)19-5-10/h4-5,20H,6H2,1-3H3. The smallest absolute Gasteiger partial charge is 0.340 e. The van der Waals surface area contributed by atoms with Gasteiger partial charge in [-0.15, -0.1) is 0 Å². The lowest BCUT2D eigenvalue weighted by Gasteiger charge is -2.05. The summed E-state index contributed by atoms with van der Waals surface area (Å²) in [5, 5.41) is 0.179. The molecule has 0 aliphatic heterocycles. The third-order valence-corrected chi connectivity index (χ3v) is 4.12. The fourth-order valence-electron chi connectivity index (χ4n) is 2.38. The normalized spacial score (nSPS) is 10.5. The van der Waals surface area contributed by atoms with E-state index in [0.29, 0.717) is 16.8 Å². The molecule has 0 spiro atoms. The molecule has 0 bridgehead atoms. The van der Waals surface area contributed by atoms with Gasteiger partial charge in [-0.25, -0.2) is 9.78 Å². The van der Waals surface area contributed by atoms with Crippen LogP contribution in [0.3, 0.4) is 0 Å².